The maximum absolute atomic E-state index is 5.81. The Morgan fingerprint density at radius 3 is 2.05 bits per heavy atom. The van der Waals surface area contributed by atoms with E-state index in [1.54, 1.807) is 0 Å². The molecule has 0 aromatic heterocycles. The zero-order chi connectivity index (χ0) is 14.5. The summed E-state index contributed by atoms with van der Waals surface area (Å²) in [6.45, 7) is 7.19. The average Bonchev–Trinajstić information content (AvgIpc) is 2.44. The molecule has 2 rings (SSSR count). The summed E-state index contributed by atoms with van der Waals surface area (Å²) in [5.74, 6) is 1.49. The first-order valence-corrected chi connectivity index (χ1v) is 7.30. The smallest absolute Gasteiger partial charge is 0.175 e. The lowest BCUT2D eigenvalue weighted by Gasteiger charge is -2.17. The number of ether oxygens (including phenoxy) is 2. The van der Waals surface area contributed by atoms with E-state index in [-0.39, 0.29) is 0 Å². The standard InChI is InChI=1S/C17H20O2S/c1-4-18-16-14(13-8-6-12(3)7-9-13)10-11-15(20)17(16)19-5-2/h6-11,20H,4-5H2,1-3H3. The summed E-state index contributed by atoms with van der Waals surface area (Å²) in [5.41, 5.74) is 3.39. The maximum atomic E-state index is 5.81. The van der Waals surface area contributed by atoms with Crippen molar-refractivity contribution >= 4 is 12.6 Å². The van der Waals surface area contributed by atoms with Gasteiger partial charge in [-0.1, -0.05) is 29.8 Å². The SMILES string of the molecule is CCOc1c(S)ccc(-c2ccc(C)cc2)c1OCC. The molecule has 0 aliphatic heterocycles. The first-order chi connectivity index (χ1) is 9.67. The van der Waals surface area contributed by atoms with Gasteiger partial charge in [0.1, 0.15) is 0 Å². The van der Waals surface area contributed by atoms with Crippen molar-refractivity contribution in [3.8, 4) is 22.6 Å². The molecule has 0 heterocycles. The molecule has 0 unspecified atom stereocenters. The van der Waals surface area contributed by atoms with E-state index in [1.165, 1.54) is 5.56 Å². The lowest BCUT2D eigenvalue weighted by atomic mass is 10.0. The Morgan fingerprint density at radius 2 is 1.45 bits per heavy atom. The Kier molecular flexibility index (Phi) is 4.96. The summed E-state index contributed by atoms with van der Waals surface area (Å²) >= 11 is 4.47. The van der Waals surface area contributed by atoms with Crippen LogP contribution in [-0.2, 0) is 0 Å². The number of rotatable bonds is 5. The van der Waals surface area contributed by atoms with Crippen molar-refractivity contribution in [2.45, 2.75) is 25.7 Å². The van der Waals surface area contributed by atoms with Crippen LogP contribution in [0.3, 0.4) is 0 Å². The monoisotopic (exact) mass is 288 g/mol. The van der Waals surface area contributed by atoms with Gasteiger partial charge < -0.3 is 9.47 Å². The van der Waals surface area contributed by atoms with Crippen LogP contribution in [0.5, 0.6) is 11.5 Å². The molecule has 0 spiro atoms. The van der Waals surface area contributed by atoms with Crippen molar-refractivity contribution < 1.29 is 9.47 Å². The Balaban J connectivity index is 2.56. The van der Waals surface area contributed by atoms with Crippen molar-refractivity contribution in [2.75, 3.05) is 13.2 Å². The third-order valence-corrected chi connectivity index (χ3v) is 3.38. The Bertz CT molecular complexity index is 576. The summed E-state index contributed by atoms with van der Waals surface area (Å²) in [4.78, 5) is 0.797. The van der Waals surface area contributed by atoms with E-state index in [2.05, 4.69) is 43.8 Å². The van der Waals surface area contributed by atoms with Crippen LogP contribution >= 0.6 is 12.6 Å². The van der Waals surface area contributed by atoms with Crippen LogP contribution in [-0.4, -0.2) is 13.2 Å². The number of benzene rings is 2. The predicted molar refractivity (Wildman–Crippen MR) is 86.2 cm³/mol. The van der Waals surface area contributed by atoms with E-state index in [4.69, 9.17) is 9.47 Å². The summed E-state index contributed by atoms with van der Waals surface area (Å²) in [6.07, 6.45) is 0. The number of aryl methyl sites for hydroxylation is 1. The zero-order valence-electron chi connectivity index (χ0n) is 12.1. The van der Waals surface area contributed by atoms with E-state index in [9.17, 15) is 0 Å². The minimum atomic E-state index is 0.588. The largest absolute Gasteiger partial charge is 0.489 e. The lowest BCUT2D eigenvalue weighted by molar-refractivity contribution is 0.283. The highest BCUT2D eigenvalue weighted by Gasteiger charge is 2.15. The fourth-order valence-corrected chi connectivity index (χ4v) is 2.32. The van der Waals surface area contributed by atoms with Crippen molar-refractivity contribution in [3.05, 3.63) is 42.0 Å². The van der Waals surface area contributed by atoms with E-state index >= 15 is 0 Å². The van der Waals surface area contributed by atoms with E-state index < -0.39 is 0 Å². The van der Waals surface area contributed by atoms with Crippen LogP contribution in [0.4, 0.5) is 0 Å². The van der Waals surface area contributed by atoms with Crippen molar-refractivity contribution in [1.29, 1.82) is 0 Å². The van der Waals surface area contributed by atoms with Gasteiger partial charge in [-0.15, -0.1) is 12.6 Å². The fourth-order valence-electron chi connectivity index (χ4n) is 2.08. The highest BCUT2D eigenvalue weighted by Crippen LogP contribution is 2.42. The summed E-state index contributed by atoms with van der Waals surface area (Å²) < 4.78 is 11.5. The average molecular weight is 288 g/mol. The van der Waals surface area contributed by atoms with Gasteiger partial charge in [0.2, 0.25) is 0 Å². The third kappa shape index (κ3) is 3.10. The van der Waals surface area contributed by atoms with Gasteiger partial charge in [0, 0.05) is 5.56 Å². The van der Waals surface area contributed by atoms with Crippen LogP contribution < -0.4 is 9.47 Å². The van der Waals surface area contributed by atoms with Gasteiger partial charge in [0.15, 0.2) is 11.5 Å². The molecule has 106 valence electrons. The number of hydrogen-bond donors (Lipinski definition) is 1. The molecule has 0 saturated carbocycles. The maximum Gasteiger partial charge on any atom is 0.175 e. The van der Waals surface area contributed by atoms with Gasteiger partial charge in [-0.2, -0.15) is 0 Å². The molecule has 0 fully saturated rings. The molecule has 0 aliphatic carbocycles. The van der Waals surface area contributed by atoms with Crippen molar-refractivity contribution in [3.63, 3.8) is 0 Å². The van der Waals surface area contributed by atoms with E-state index in [0.29, 0.717) is 13.2 Å². The quantitative estimate of drug-likeness (QED) is 0.800. The summed E-state index contributed by atoms with van der Waals surface area (Å²) in [7, 11) is 0. The second kappa shape index (κ2) is 6.71. The molecule has 20 heavy (non-hydrogen) atoms. The lowest BCUT2D eigenvalue weighted by Crippen LogP contribution is -2.01. The highest BCUT2D eigenvalue weighted by molar-refractivity contribution is 7.80. The van der Waals surface area contributed by atoms with Crippen LogP contribution in [0.15, 0.2) is 41.3 Å². The molecule has 0 atom stereocenters. The first-order valence-electron chi connectivity index (χ1n) is 6.86. The Hall–Kier alpha value is -1.61. The number of hydrogen-bond acceptors (Lipinski definition) is 3. The minimum absolute atomic E-state index is 0.588. The molecular weight excluding hydrogens is 268 g/mol. The second-order valence-corrected chi connectivity index (χ2v) is 5.00. The minimum Gasteiger partial charge on any atom is -0.489 e. The summed E-state index contributed by atoms with van der Waals surface area (Å²) in [6, 6.07) is 12.4. The molecule has 0 aliphatic rings. The van der Waals surface area contributed by atoms with Crippen molar-refractivity contribution in [2.24, 2.45) is 0 Å². The van der Waals surface area contributed by atoms with Crippen LogP contribution in [0.1, 0.15) is 19.4 Å². The molecule has 2 aromatic carbocycles. The van der Waals surface area contributed by atoms with Crippen molar-refractivity contribution in [1.82, 2.24) is 0 Å². The Labute approximate surface area is 126 Å². The van der Waals surface area contributed by atoms with Gasteiger partial charge >= 0.3 is 0 Å². The first kappa shape index (κ1) is 14.8. The van der Waals surface area contributed by atoms with Crippen LogP contribution in [0.25, 0.3) is 11.1 Å². The van der Waals surface area contributed by atoms with Gasteiger partial charge in [0.25, 0.3) is 0 Å². The highest BCUT2D eigenvalue weighted by atomic mass is 32.1. The third-order valence-electron chi connectivity index (χ3n) is 3.03. The molecule has 0 N–H and O–H groups in total. The van der Waals surface area contributed by atoms with Gasteiger partial charge in [-0.05, 0) is 38.5 Å². The van der Waals surface area contributed by atoms with Crippen LogP contribution in [0.2, 0.25) is 0 Å². The van der Waals surface area contributed by atoms with Gasteiger partial charge in [-0.3, -0.25) is 0 Å². The second-order valence-electron chi connectivity index (χ2n) is 4.52. The molecule has 0 saturated heterocycles. The predicted octanol–water partition coefficient (Wildman–Crippen LogP) is 4.75. The fraction of sp³-hybridized carbons (Fsp3) is 0.294. The molecule has 3 heteroatoms. The summed E-state index contributed by atoms with van der Waals surface area (Å²) in [5, 5.41) is 0. The van der Waals surface area contributed by atoms with E-state index in [0.717, 1.165) is 27.5 Å². The topological polar surface area (TPSA) is 18.5 Å². The number of thiol groups is 1. The molecule has 0 bridgehead atoms. The van der Waals surface area contributed by atoms with E-state index in [1.807, 2.05) is 26.0 Å². The molecule has 2 nitrogen and oxygen atoms in total. The van der Waals surface area contributed by atoms with Gasteiger partial charge in [-0.25, -0.2) is 0 Å². The zero-order valence-corrected chi connectivity index (χ0v) is 13.0. The molecule has 2 aromatic rings. The molecule has 0 amide bonds. The molecular formula is C17H20O2S. The normalized spacial score (nSPS) is 10.4. The van der Waals surface area contributed by atoms with Gasteiger partial charge in [0.05, 0.1) is 18.1 Å². The Morgan fingerprint density at radius 1 is 0.850 bits per heavy atom. The molecule has 0 radical (unpaired) electrons. The van der Waals surface area contributed by atoms with Crippen LogP contribution in [0, 0.1) is 6.92 Å².